The molecule has 27 heavy (non-hydrogen) atoms. The van der Waals surface area contributed by atoms with Crippen LogP contribution in [0.15, 0.2) is 60.7 Å². The van der Waals surface area contributed by atoms with Crippen LogP contribution in [0.4, 0.5) is 17.2 Å². The van der Waals surface area contributed by atoms with Crippen LogP contribution in [0, 0.1) is 0 Å². The average molecular weight is 362 g/mol. The normalized spacial score (nSPS) is 10.3. The maximum Gasteiger partial charge on any atom is 0.276 e. The van der Waals surface area contributed by atoms with Crippen LogP contribution >= 0.6 is 0 Å². The fourth-order valence-electron chi connectivity index (χ4n) is 2.65. The van der Waals surface area contributed by atoms with Crippen molar-refractivity contribution in [3.8, 4) is 5.75 Å². The first-order chi connectivity index (χ1) is 13.2. The van der Waals surface area contributed by atoms with Crippen molar-refractivity contribution in [2.45, 2.75) is 20.3 Å². The summed E-state index contributed by atoms with van der Waals surface area (Å²) in [7, 11) is 0. The van der Waals surface area contributed by atoms with Crippen molar-refractivity contribution in [3.05, 3.63) is 71.9 Å². The zero-order valence-corrected chi connectivity index (χ0v) is 15.4. The number of amides is 1. The third-order valence-corrected chi connectivity index (χ3v) is 3.99. The highest BCUT2D eigenvalue weighted by atomic mass is 16.5. The Balaban J connectivity index is 1.71. The van der Waals surface area contributed by atoms with Crippen LogP contribution in [0.3, 0.4) is 0 Å². The molecular formula is C21H22N4O2. The Morgan fingerprint density at radius 2 is 1.67 bits per heavy atom. The van der Waals surface area contributed by atoms with E-state index in [0.29, 0.717) is 12.4 Å². The number of nitrogens with zero attached hydrogens (tertiary/aromatic N) is 2. The largest absolute Gasteiger partial charge is 0.492 e. The quantitative estimate of drug-likeness (QED) is 0.650. The summed E-state index contributed by atoms with van der Waals surface area (Å²) in [5.74, 6) is 0.983. The molecule has 1 heterocycles. The maximum atomic E-state index is 12.4. The molecule has 0 aliphatic carbocycles. The molecule has 1 aromatic heterocycles. The molecule has 0 atom stereocenters. The zero-order valence-electron chi connectivity index (χ0n) is 15.4. The van der Waals surface area contributed by atoms with E-state index in [9.17, 15) is 4.79 Å². The number of aromatic nitrogens is 2. The van der Waals surface area contributed by atoms with Gasteiger partial charge in [-0.2, -0.15) is 0 Å². The molecule has 3 rings (SSSR count). The topological polar surface area (TPSA) is 76.1 Å². The van der Waals surface area contributed by atoms with E-state index in [-0.39, 0.29) is 11.6 Å². The molecule has 1 amide bonds. The van der Waals surface area contributed by atoms with Gasteiger partial charge in [0.05, 0.1) is 12.3 Å². The predicted molar refractivity (Wildman–Crippen MR) is 107 cm³/mol. The molecule has 0 spiro atoms. The summed E-state index contributed by atoms with van der Waals surface area (Å²) in [6.45, 7) is 4.55. The monoisotopic (exact) mass is 362 g/mol. The lowest BCUT2D eigenvalue weighted by atomic mass is 10.1. The lowest BCUT2D eigenvalue weighted by Gasteiger charge is -2.11. The van der Waals surface area contributed by atoms with Gasteiger partial charge in [0, 0.05) is 5.69 Å². The van der Waals surface area contributed by atoms with E-state index < -0.39 is 0 Å². The molecule has 2 N–H and O–H groups in total. The first-order valence-corrected chi connectivity index (χ1v) is 8.93. The van der Waals surface area contributed by atoms with Gasteiger partial charge >= 0.3 is 0 Å². The predicted octanol–water partition coefficient (Wildman–Crippen LogP) is 4.43. The smallest absolute Gasteiger partial charge is 0.276 e. The summed E-state index contributed by atoms with van der Waals surface area (Å²) in [4.78, 5) is 12.4. The van der Waals surface area contributed by atoms with Crippen molar-refractivity contribution >= 4 is 23.1 Å². The molecule has 0 unspecified atom stereocenters. The molecule has 138 valence electrons. The molecule has 0 saturated carbocycles. The van der Waals surface area contributed by atoms with Crippen LogP contribution in [0.5, 0.6) is 5.75 Å². The number of para-hydroxylation sites is 3. The molecule has 0 aliphatic rings. The van der Waals surface area contributed by atoms with Crippen LogP contribution in [0.2, 0.25) is 0 Å². The minimum atomic E-state index is -0.287. The first kappa shape index (κ1) is 18.4. The van der Waals surface area contributed by atoms with Crippen molar-refractivity contribution in [2.75, 3.05) is 17.2 Å². The van der Waals surface area contributed by atoms with E-state index in [2.05, 4.69) is 20.8 Å². The van der Waals surface area contributed by atoms with Gasteiger partial charge in [0.15, 0.2) is 11.5 Å². The molecular weight excluding hydrogens is 340 g/mol. The Bertz CT molecular complexity index is 910. The molecule has 0 saturated heterocycles. The van der Waals surface area contributed by atoms with Crippen molar-refractivity contribution in [1.82, 2.24) is 10.2 Å². The van der Waals surface area contributed by atoms with Crippen LogP contribution < -0.4 is 15.4 Å². The van der Waals surface area contributed by atoms with Crippen LogP contribution in [0.1, 0.15) is 29.9 Å². The Labute approximate surface area is 158 Å². The van der Waals surface area contributed by atoms with Crippen molar-refractivity contribution in [1.29, 1.82) is 0 Å². The Morgan fingerprint density at radius 3 is 2.37 bits per heavy atom. The lowest BCUT2D eigenvalue weighted by Crippen LogP contribution is -2.15. The van der Waals surface area contributed by atoms with E-state index in [1.54, 1.807) is 12.1 Å². The van der Waals surface area contributed by atoms with E-state index in [0.717, 1.165) is 29.1 Å². The van der Waals surface area contributed by atoms with Gasteiger partial charge < -0.3 is 15.4 Å². The molecule has 0 bridgehead atoms. The molecule has 6 nitrogen and oxygen atoms in total. The average Bonchev–Trinajstić information content (AvgIpc) is 2.70. The lowest BCUT2D eigenvalue weighted by molar-refractivity contribution is 0.102. The third kappa shape index (κ3) is 4.61. The highest BCUT2D eigenvalue weighted by Crippen LogP contribution is 2.26. The van der Waals surface area contributed by atoms with Gasteiger partial charge in [-0.25, -0.2) is 0 Å². The van der Waals surface area contributed by atoms with Crippen molar-refractivity contribution in [2.24, 2.45) is 0 Å². The summed E-state index contributed by atoms with van der Waals surface area (Å²) >= 11 is 0. The third-order valence-electron chi connectivity index (χ3n) is 3.99. The summed E-state index contributed by atoms with van der Waals surface area (Å²) in [6, 6.07) is 18.7. The van der Waals surface area contributed by atoms with Gasteiger partial charge in [0.25, 0.3) is 5.91 Å². The molecule has 2 aromatic carbocycles. The van der Waals surface area contributed by atoms with Crippen LogP contribution in [-0.2, 0) is 6.42 Å². The van der Waals surface area contributed by atoms with Crippen LogP contribution in [-0.4, -0.2) is 22.7 Å². The van der Waals surface area contributed by atoms with Gasteiger partial charge in [-0.05, 0) is 49.2 Å². The summed E-state index contributed by atoms with van der Waals surface area (Å²) in [5.41, 5.74) is 2.91. The van der Waals surface area contributed by atoms with Gasteiger partial charge in [0.2, 0.25) is 0 Å². The number of rotatable bonds is 7. The number of ether oxygens (including phenoxy) is 1. The Morgan fingerprint density at radius 1 is 0.926 bits per heavy atom. The second kappa shape index (κ2) is 8.80. The summed E-state index contributed by atoms with van der Waals surface area (Å²) < 4.78 is 5.58. The highest BCUT2D eigenvalue weighted by Gasteiger charge is 2.11. The number of benzene rings is 2. The SMILES string of the molecule is CCOc1ccccc1Nc1ccc(C(=O)Nc2ccccc2CC)nn1. The minimum absolute atomic E-state index is 0.254. The standard InChI is InChI=1S/C21H22N4O2/c1-3-15-9-5-6-10-16(15)23-21(26)18-13-14-20(25-24-18)22-17-11-7-8-12-19(17)27-4-2/h5-14H,3-4H2,1-2H3,(H,22,25)(H,23,26). The number of nitrogens with one attached hydrogen (secondary N) is 2. The highest BCUT2D eigenvalue weighted by molar-refractivity contribution is 6.03. The zero-order chi connectivity index (χ0) is 19.1. The molecule has 0 fully saturated rings. The second-order valence-electron chi connectivity index (χ2n) is 5.82. The van der Waals surface area contributed by atoms with Gasteiger partial charge in [-0.1, -0.05) is 37.3 Å². The minimum Gasteiger partial charge on any atom is -0.492 e. The van der Waals surface area contributed by atoms with Crippen molar-refractivity contribution < 1.29 is 9.53 Å². The van der Waals surface area contributed by atoms with E-state index in [1.807, 2.05) is 62.4 Å². The number of aryl methyl sites for hydroxylation is 1. The summed E-state index contributed by atoms with van der Waals surface area (Å²) in [6.07, 6.45) is 0.838. The summed E-state index contributed by atoms with van der Waals surface area (Å²) in [5, 5.41) is 14.2. The molecule has 3 aromatic rings. The number of carbonyl (C=O) groups excluding carboxylic acids is 1. The van der Waals surface area contributed by atoms with Gasteiger partial charge in [-0.15, -0.1) is 10.2 Å². The second-order valence-corrected chi connectivity index (χ2v) is 5.82. The van der Waals surface area contributed by atoms with Gasteiger partial charge in [0.1, 0.15) is 5.75 Å². The van der Waals surface area contributed by atoms with E-state index in [4.69, 9.17) is 4.74 Å². The fourth-order valence-corrected chi connectivity index (χ4v) is 2.65. The van der Waals surface area contributed by atoms with Gasteiger partial charge in [-0.3, -0.25) is 4.79 Å². The number of anilines is 3. The first-order valence-electron chi connectivity index (χ1n) is 8.93. The fraction of sp³-hybridized carbons (Fsp3) is 0.190. The number of hydrogen-bond acceptors (Lipinski definition) is 5. The Kier molecular flexibility index (Phi) is 5.99. The molecule has 0 aliphatic heterocycles. The molecule has 0 radical (unpaired) electrons. The maximum absolute atomic E-state index is 12.4. The molecule has 6 heteroatoms. The van der Waals surface area contributed by atoms with Crippen molar-refractivity contribution in [3.63, 3.8) is 0 Å². The number of hydrogen-bond donors (Lipinski definition) is 2. The van der Waals surface area contributed by atoms with E-state index in [1.165, 1.54) is 0 Å². The van der Waals surface area contributed by atoms with Crippen LogP contribution in [0.25, 0.3) is 0 Å². The Hall–Kier alpha value is -3.41. The van der Waals surface area contributed by atoms with E-state index >= 15 is 0 Å². The number of carbonyl (C=O) groups is 1.